The number of sulfonamides is 1. The van der Waals surface area contributed by atoms with Gasteiger partial charge in [0.25, 0.3) is 10.0 Å². The van der Waals surface area contributed by atoms with Crippen molar-refractivity contribution >= 4 is 39.1 Å². The average molecular weight is 614 g/mol. The third kappa shape index (κ3) is 8.72. The molecule has 3 aromatic rings. The number of nitrogens with zero attached hydrogens (tertiary/aromatic N) is 2. The summed E-state index contributed by atoms with van der Waals surface area (Å²) in [6.07, 6.45) is 0.340. The Kier molecular flexibility index (Phi) is 11.0. The van der Waals surface area contributed by atoms with Crippen LogP contribution in [0.5, 0.6) is 5.75 Å². The first kappa shape index (κ1) is 32.9. The Morgan fingerprint density at radius 3 is 2.17 bits per heavy atom. The maximum Gasteiger partial charge on any atom is 0.264 e. The van der Waals surface area contributed by atoms with Crippen LogP contribution in [0.2, 0.25) is 5.02 Å². The van der Waals surface area contributed by atoms with E-state index in [9.17, 15) is 18.0 Å². The van der Waals surface area contributed by atoms with Gasteiger partial charge in [0.05, 0.1) is 17.2 Å². The number of ether oxygens (including phenoxy) is 1. The van der Waals surface area contributed by atoms with E-state index in [0.717, 1.165) is 15.4 Å². The second-order valence-corrected chi connectivity index (χ2v) is 13.4. The van der Waals surface area contributed by atoms with E-state index in [4.69, 9.17) is 16.3 Å². The van der Waals surface area contributed by atoms with Gasteiger partial charge in [0.2, 0.25) is 11.8 Å². The molecule has 0 bridgehead atoms. The monoisotopic (exact) mass is 613 g/mol. The number of hydrogen-bond donors (Lipinski definition) is 1. The molecule has 0 saturated heterocycles. The quantitative estimate of drug-likeness (QED) is 0.272. The summed E-state index contributed by atoms with van der Waals surface area (Å²) >= 11 is 6.02. The summed E-state index contributed by atoms with van der Waals surface area (Å²) in [6.45, 7) is 11.3. The summed E-state index contributed by atoms with van der Waals surface area (Å²) in [7, 11) is -4.20. The Labute approximate surface area is 254 Å². The van der Waals surface area contributed by atoms with Gasteiger partial charge in [0.15, 0.2) is 0 Å². The first-order chi connectivity index (χ1) is 19.7. The summed E-state index contributed by atoms with van der Waals surface area (Å²) in [5.74, 6) is -0.250. The van der Waals surface area contributed by atoms with Gasteiger partial charge in [-0.1, -0.05) is 48.4 Å². The lowest BCUT2D eigenvalue weighted by atomic mass is 10.0. The summed E-state index contributed by atoms with van der Waals surface area (Å²) < 4.78 is 34.5. The number of carbonyl (C=O) groups excluding carboxylic acids is 2. The Morgan fingerprint density at radius 2 is 1.62 bits per heavy atom. The van der Waals surface area contributed by atoms with Crippen LogP contribution in [0.4, 0.5) is 5.69 Å². The number of carbonyl (C=O) groups is 2. The van der Waals surface area contributed by atoms with Crippen molar-refractivity contribution in [3.05, 3.63) is 88.9 Å². The Morgan fingerprint density at radius 1 is 0.976 bits per heavy atom. The number of halogens is 1. The minimum atomic E-state index is -4.20. The SMILES string of the molecule is CCOc1ccc(N(CC(=O)N(Cc2cccc(C)c2)C(CC)C(=O)NC(C)(C)C)S(=O)(=O)c2ccc(Cl)cc2)cc1. The maximum atomic E-state index is 14.2. The molecule has 1 atom stereocenters. The molecular formula is C32H40ClN3O5S. The van der Waals surface area contributed by atoms with Gasteiger partial charge in [0, 0.05) is 17.1 Å². The number of hydrogen-bond acceptors (Lipinski definition) is 5. The molecule has 0 aliphatic carbocycles. The molecule has 0 spiro atoms. The third-order valence-corrected chi connectivity index (χ3v) is 8.48. The first-order valence-electron chi connectivity index (χ1n) is 13.9. The van der Waals surface area contributed by atoms with Gasteiger partial charge >= 0.3 is 0 Å². The van der Waals surface area contributed by atoms with E-state index in [1.165, 1.54) is 29.2 Å². The van der Waals surface area contributed by atoms with Crippen molar-refractivity contribution in [3.63, 3.8) is 0 Å². The molecule has 3 rings (SSSR count). The molecule has 0 aromatic heterocycles. The molecule has 8 nitrogen and oxygen atoms in total. The standard InChI is InChI=1S/C32H40ClN3O5S/c1-7-29(31(38)34-32(4,5)6)35(21-24-11-9-10-23(3)20-24)30(37)22-36(26-14-16-27(17-15-26)41-8-2)42(39,40)28-18-12-25(33)13-19-28/h9-20,29H,7-8,21-22H2,1-6H3,(H,34,38). The minimum absolute atomic E-state index is 0.0173. The zero-order valence-electron chi connectivity index (χ0n) is 25.1. The molecule has 10 heteroatoms. The largest absolute Gasteiger partial charge is 0.494 e. The Bertz CT molecular complexity index is 1470. The molecule has 2 amide bonds. The van der Waals surface area contributed by atoms with Crippen molar-refractivity contribution in [1.82, 2.24) is 10.2 Å². The lowest BCUT2D eigenvalue weighted by Gasteiger charge is -2.35. The van der Waals surface area contributed by atoms with E-state index in [0.29, 0.717) is 23.8 Å². The molecular weight excluding hydrogens is 574 g/mol. The fourth-order valence-corrected chi connectivity index (χ4v) is 6.06. The van der Waals surface area contributed by atoms with Gasteiger partial charge in [-0.3, -0.25) is 13.9 Å². The molecule has 1 unspecified atom stereocenters. The van der Waals surface area contributed by atoms with Crippen molar-refractivity contribution in [2.24, 2.45) is 0 Å². The van der Waals surface area contributed by atoms with Crippen molar-refractivity contribution in [2.45, 2.75) is 71.0 Å². The van der Waals surface area contributed by atoms with Crippen molar-refractivity contribution in [2.75, 3.05) is 17.5 Å². The van der Waals surface area contributed by atoms with E-state index in [1.54, 1.807) is 24.3 Å². The predicted octanol–water partition coefficient (Wildman–Crippen LogP) is 5.96. The van der Waals surface area contributed by atoms with Crippen LogP contribution in [0.1, 0.15) is 52.2 Å². The van der Waals surface area contributed by atoms with Crippen LogP contribution in [0.15, 0.2) is 77.7 Å². The predicted molar refractivity (Wildman–Crippen MR) is 167 cm³/mol. The van der Waals surface area contributed by atoms with Crippen molar-refractivity contribution in [3.8, 4) is 5.75 Å². The van der Waals surface area contributed by atoms with E-state index >= 15 is 0 Å². The van der Waals surface area contributed by atoms with Crippen LogP contribution in [-0.4, -0.2) is 49.9 Å². The number of nitrogens with one attached hydrogen (secondary N) is 1. The van der Waals surface area contributed by atoms with Crippen LogP contribution in [0, 0.1) is 6.92 Å². The van der Waals surface area contributed by atoms with Crippen molar-refractivity contribution in [1.29, 1.82) is 0 Å². The first-order valence-corrected chi connectivity index (χ1v) is 15.7. The maximum absolute atomic E-state index is 14.2. The summed E-state index contributed by atoms with van der Waals surface area (Å²) in [5, 5.41) is 3.36. The number of aryl methyl sites for hydroxylation is 1. The molecule has 0 radical (unpaired) electrons. The van der Waals surface area contributed by atoms with Crippen molar-refractivity contribution < 1.29 is 22.7 Å². The molecule has 1 N–H and O–H groups in total. The van der Waals surface area contributed by atoms with Gasteiger partial charge in [0.1, 0.15) is 18.3 Å². The van der Waals surface area contributed by atoms with Gasteiger partial charge in [-0.05, 0) is 95.1 Å². The fraction of sp³-hybridized carbons (Fsp3) is 0.375. The van der Waals surface area contributed by atoms with E-state index in [2.05, 4.69) is 5.32 Å². The van der Waals surface area contributed by atoms with Gasteiger partial charge in [-0.15, -0.1) is 0 Å². The fourth-order valence-electron chi connectivity index (χ4n) is 4.52. The number of benzene rings is 3. The number of amides is 2. The molecule has 3 aromatic carbocycles. The van der Waals surface area contributed by atoms with Crippen LogP contribution in [-0.2, 0) is 26.2 Å². The zero-order valence-corrected chi connectivity index (χ0v) is 26.6. The van der Waals surface area contributed by atoms with Gasteiger partial charge in [-0.2, -0.15) is 0 Å². The molecule has 0 aliphatic rings. The highest BCUT2D eigenvalue weighted by atomic mass is 35.5. The molecule has 42 heavy (non-hydrogen) atoms. The smallest absolute Gasteiger partial charge is 0.264 e. The van der Waals surface area contributed by atoms with E-state index in [-0.39, 0.29) is 23.0 Å². The third-order valence-electron chi connectivity index (χ3n) is 6.44. The van der Waals surface area contributed by atoms with Crippen LogP contribution < -0.4 is 14.4 Å². The number of rotatable bonds is 12. The van der Waals surface area contributed by atoms with E-state index in [1.807, 2.05) is 65.8 Å². The lowest BCUT2D eigenvalue weighted by Crippen LogP contribution is -2.55. The van der Waals surface area contributed by atoms with Gasteiger partial charge in [-0.25, -0.2) is 8.42 Å². The summed E-state index contributed by atoms with van der Waals surface area (Å²) in [4.78, 5) is 29.1. The molecule has 0 saturated carbocycles. The normalized spacial score (nSPS) is 12.4. The van der Waals surface area contributed by atoms with Crippen LogP contribution >= 0.6 is 11.6 Å². The minimum Gasteiger partial charge on any atom is -0.494 e. The summed E-state index contributed by atoms with van der Waals surface area (Å²) in [5.41, 5.74) is 1.60. The molecule has 0 fully saturated rings. The second-order valence-electron chi connectivity index (χ2n) is 11.1. The van der Waals surface area contributed by atoms with Gasteiger partial charge < -0.3 is 15.0 Å². The molecule has 0 heterocycles. The molecule has 0 aliphatic heterocycles. The molecule has 226 valence electrons. The highest BCUT2D eigenvalue weighted by Gasteiger charge is 2.34. The second kappa shape index (κ2) is 14.1. The van der Waals surface area contributed by atoms with E-state index < -0.39 is 34.1 Å². The highest BCUT2D eigenvalue weighted by Crippen LogP contribution is 2.27. The zero-order chi connectivity index (χ0) is 31.1. The lowest BCUT2D eigenvalue weighted by molar-refractivity contribution is -0.141. The highest BCUT2D eigenvalue weighted by molar-refractivity contribution is 7.92. The Hall–Kier alpha value is -3.56. The topological polar surface area (TPSA) is 96.0 Å². The van der Waals surface area contributed by atoms with Crippen LogP contribution in [0.25, 0.3) is 0 Å². The van der Waals surface area contributed by atoms with Crippen LogP contribution in [0.3, 0.4) is 0 Å². The Balaban J connectivity index is 2.08. The summed E-state index contributed by atoms with van der Waals surface area (Å²) in [6, 6.07) is 19.1. The number of anilines is 1. The average Bonchev–Trinajstić information content (AvgIpc) is 2.91.